The molecule has 0 amide bonds. The molecule has 4 rings (SSSR count). The molecule has 0 aliphatic heterocycles. The van der Waals surface area contributed by atoms with Crippen LogP contribution in [0.15, 0.2) is 36.4 Å². The Morgan fingerprint density at radius 3 is 2.35 bits per heavy atom. The quantitative estimate of drug-likeness (QED) is 0.331. The van der Waals surface area contributed by atoms with Gasteiger partial charge in [-0.25, -0.2) is 4.98 Å². The molecule has 5 heteroatoms. The van der Waals surface area contributed by atoms with E-state index >= 15 is 0 Å². The number of aromatic nitrogens is 1. The summed E-state index contributed by atoms with van der Waals surface area (Å²) in [7, 11) is 0. The number of aryl methyl sites for hydroxylation is 1. The molecule has 0 radical (unpaired) electrons. The van der Waals surface area contributed by atoms with Crippen LogP contribution in [0.2, 0.25) is 0 Å². The van der Waals surface area contributed by atoms with Gasteiger partial charge in [0.05, 0.1) is 11.2 Å². The second-order valence-electron chi connectivity index (χ2n) is 6.72. The lowest BCUT2D eigenvalue weighted by molar-refractivity contribution is 0.689. The van der Waals surface area contributed by atoms with Crippen molar-refractivity contribution >= 4 is 28.6 Å². The van der Waals surface area contributed by atoms with E-state index in [1.807, 2.05) is 36.4 Å². The van der Waals surface area contributed by atoms with Crippen LogP contribution in [0.1, 0.15) is 35.1 Å². The molecule has 0 fully saturated rings. The summed E-state index contributed by atoms with van der Waals surface area (Å²) < 4.78 is 0. The highest BCUT2D eigenvalue weighted by molar-refractivity contribution is 6.05. The molecule has 6 N–H and O–H groups in total. The Morgan fingerprint density at radius 1 is 1.00 bits per heavy atom. The van der Waals surface area contributed by atoms with E-state index in [0.29, 0.717) is 11.3 Å². The molecule has 1 heterocycles. The van der Waals surface area contributed by atoms with Crippen LogP contribution >= 0.6 is 0 Å². The molecule has 130 valence electrons. The van der Waals surface area contributed by atoms with Crippen LogP contribution in [-0.2, 0) is 12.8 Å². The Morgan fingerprint density at radius 2 is 1.69 bits per heavy atom. The van der Waals surface area contributed by atoms with Crippen LogP contribution in [-0.4, -0.2) is 17.0 Å². The first-order chi connectivity index (χ1) is 12.6. The Balaban J connectivity index is 2.00. The SMILES string of the molecule is N=Cc1c(N)ccc2nc(-c3ccc(C(=N)N)cc3)c3c(c12)CCCC3. The third kappa shape index (κ3) is 2.52. The molecule has 3 aromatic rings. The van der Waals surface area contributed by atoms with Gasteiger partial charge in [-0.05, 0) is 48.9 Å². The summed E-state index contributed by atoms with van der Waals surface area (Å²) in [6, 6.07) is 11.5. The maximum Gasteiger partial charge on any atom is 0.122 e. The van der Waals surface area contributed by atoms with E-state index in [9.17, 15) is 0 Å². The van der Waals surface area contributed by atoms with Crippen molar-refractivity contribution in [2.75, 3.05) is 5.73 Å². The van der Waals surface area contributed by atoms with Gasteiger partial charge in [-0.1, -0.05) is 24.3 Å². The molecular weight excluding hydrogens is 322 g/mol. The van der Waals surface area contributed by atoms with Gasteiger partial charge in [0.1, 0.15) is 5.84 Å². The van der Waals surface area contributed by atoms with Crippen LogP contribution in [0.3, 0.4) is 0 Å². The van der Waals surface area contributed by atoms with Gasteiger partial charge < -0.3 is 16.9 Å². The largest absolute Gasteiger partial charge is 0.398 e. The van der Waals surface area contributed by atoms with Crippen LogP contribution in [0.4, 0.5) is 5.69 Å². The number of fused-ring (bicyclic) bond motifs is 3. The standard InChI is InChI=1S/C21H21N5/c22-11-16-17(23)9-10-18-19(16)14-3-1-2-4-15(14)20(26-18)12-5-7-13(8-6-12)21(24)25/h5-11,22H,1-4,23H2,(H3,24,25). The molecule has 0 atom stereocenters. The first-order valence-electron chi connectivity index (χ1n) is 8.79. The zero-order valence-electron chi connectivity index (χ0n) is 14.5. The highest BCUT2D eigenvalue weighted by Gasteiger charge is 2.21. The summed E-state index contributed by atoms with van der Waals surface area (Å²) >= 11 is 0. The van der Waals surface area contributed by atoms with Gasteiger partial charge in [0.15, 0.2) is 0 Å². The molecule has 1 aliphatic carbocycles. The number of benzene rings is 2. The normalized spacial score (nSPS) is 13.4. The smallest absolute Gasteiger partial charge is 0.122 e. The van der Waals surface area contributed by atoms with E-state index in [4.69, 9.17) is 27.3 Å². The van der Waals surface area contributed by atoms with Crippen molar-refractivity contribution in [3.63, 3.8) is 0 Å². The monoisotopic (exact) mass is 343 g/mol. The minimum atomic E-state index is 0.0659. The number of amidine groups is 1. The van der Waals surface area contributed by atoms with Crippen molar-refractivity contribution in [2.45, 2.75) is 25.7 Å². The highest BCUT2D eigenvalue weighted by atomic mass is 14.7. The van der Waals surface area contributed by atoms with E-state index in [1.54, 1.807) is 0 Å². The van der Waals surface area contributed by atoms with Crippen molar-refractivity contribution in [2.24, 2.45) is 5.73 Å². The summed E-state index contributed by atoms with van der Waals surface area (Å²) in [6.07, 6.45) is 5.59. The fourth-order valence-corrected chi connectivity index (χ4v) is 3.87. The molecular formula is C21H21N5. The third-order valence-corrected chi connectivity index (χ3v) is 5.16. The summed E-state index contributed by atoms with van der Waals surface area (Å²) in [6.45, 7) is 0. The number of nitrogens with one attached hydrogen (secondary N) is 2. The lowest BCUT2D eigenvalue weighted by Gasteiger charge is -2.23. The first-order valence-corrected chi connectivity index (χ1v) is 8.79. The van der Waals surface area contributed by atoms with E-state index in [0.717, 1.165) is 53.4 Å². The molecule has 2 aromatic carbocycles. The summed E-state index contributed by atoms with van der Waals surface area (Å²) in [5.74, 6) is 0.0659. The van der Waals surface area contributed by atoms with Crippen LogP contribution in [0.5, 0.6) is 0 Å². The number of nitrogens with two attached hydrogens (primary N) is 2. The summed E-state index contributed by atoms with van der Waals surface area (Å²) in [4.78, 5) is 4.94. The highest BCUT2D eigenvalue weighted by Crippen LogP contribution is 2.37. The molecule has 0 unspecified atom stereocenters. The van der Waals surface area contributed by atoms with Crippen molar-refractivity contribution in [1.82, 2.24) is 4.98 Å². The molecule has 5 nitrogen and oxygen atoms in total. The second kappa shape index (κ2) is 6.26. The van der Waals surface area contributed by atoms with E-state index in [-0.39, 0.29) is 5.84 Å². The van der Waals surface area contributed by atoms with Gasteiger partial charge in [-0.15, -0.1) is 0 Å². The molecule has 0 saturated heterocycles. The lowest BCUT2D eigenvalue weighted by Crippen LogP contribution is -2.11. The molecule has 0 spiro atoms. The molecule has 1 aliphatic rings. The Kier molecular flexibility index (Phi) is 3.92. The number of anilines is 1. The molecule has 1 aromatic heterocycles. The van der Waals surface area contributed by atoms with Crippen molar-refractivity contribution < 1.29 is 0 Å². The van der Waals surface area contributed by atoms with E-state index < -0.39 is 0 Å². The summed E-state index contributed by atoms with van der Waals surface area (Å²) in [5, 5.41) is 16.4. The van der Waals surface area contributed by atoms with Crippen LogP contribution < -0.4 is 11.5 Å². The molecule has 0 saturated carbocycles. The first kappa shape index (κ1) is 16.3. The second-order valence-corrected chi connectivity index (χ2v) is 6.72. The average molecular weight is 343 g/mol. The zero-order chi connectivity index (χ0) is 18.3. The fourth-order valence-electron chi connectivity index (χ4n) is 3.87. The van der Waals surface area contributed by atoms with Crippen molar-refractivity contribution in [1.29, 1.82) is 10.8 Å². The number of hydrogen-bond acceptors (Lipinski definition) is 4. The topological polar surface area (TPSA) is 113 Å². The number of hydrogen-bond donors (Lipinski definition) is 4. The molecule has 26 heavy (non-hydrogen) atoms. The van der Waals surface area contributed by atoms with Gasteiger partial charge >= 0.3 is 0 Å². The van der Waals surface area contributed by atoms with Crippen LogP contribution in [0.25, 0.3) is 22.2 Å². The summed E-state index contributed by atoms with van der Waals surface area (Å²) in [5.41, 5.74) is 19.2. The van der Waals surface area contributed by atoms with Crippen molar-refractivity contribution in [3.8, 4) is 11.3 Å². The van der Waals surface area contributed by atoms with E-state index in [1.165, 1.54) is 17.3 Å². The van der Waals surface area contributed by atoms with Gasteiger partial charge in [-0.3, -0.25) is 5.41 Å². The lowest BCUT2D eigenvalue weighted by atomic mass is 9.85. The Hall–Kier alpha value is -3.21. The molecule has 0 bridgehead atoms. The average Bonchev–Trinajstić information content (AvgIpc) is 2.67. The number of nitrogen functional groups attached to an aromatic ring is 2. The van der Waals surface area contributed by atoms with Gasteiger partial charge in [0, 0.05) is 34.0 Å². The third-order valence-electron chi connectivity index (χ3n) is 5.16. The number of rotatable bonds is 3. The van der Waals surface area contributed by atoms with Crippen molar-refractivity contribution in [3.05, 3.63) is 58.7 Å². The Bertz CT molecular complexity index is 1030. The predicted octanol–water partition coefficient (Wildman–Crippen LogP) is 3.64. The minimum absolute atomic E-state index is 0.0659. The maximum atomic E-state index is 7.80. The number of pyridine rings is 1. The fraction of sp³-hybridized carbons (Fsp3) is 0.190. The van der Waals surface area contributed by atoms with Gasteiger partial charge in [0.25, 0.3) is 0 Å². The van der Waals surface area contributed by atoms with E-state index in [2.05, 4.69) is 0 Å². The maximum absolute atomic E-state index is 7.80. The van der Waals surface area contributed by atoms with Gasteiger partial charge in [-0.2, -0.15) is 0 Å². The zero-order valence-corrected chi connectivity index (χ0v) is 14.5. The Labute approximate surface area is 152 Å². The van der Waals surface area contributed by atoms with Crippen LogP contribution in [0, 0.1) is 10.8 Å². The predicted molar refractivity (Wildman–Crippen MR) is 107 cm³/mol. The number of nitrogens with zero attached hydrogens (tertiary/aromatic N) is 1. The van der Waals surface area contributed by atoms with Gasteiger partial charge in [0.2, 0.25) is 0 Å². The minimum Gasteiger partial charge on any atom is -0.398 e.